The van der Waals surface area contributed by atoms with Crippen LogP contribution in [0.3, 0.4) is 0 Å². The van der Waals surface area contributed by atoms with Gasteiger partial charge in [-0.25, -0.2) is 0 Å². The van der Waals surface area contributed by atoms with Crippen molar-refractivity contribution in [1.29, 1.82) is 0 Å². The molecular formula is C15H22N2O2. The standard InChI is InChI=1S/C15H22N2O2/c1-18-14-6-5-11(10-15(14)19-2)17-9-3-4-12-13(17)7-8-16-12/h5-6,10,12-13,16H,3-4,7-9H2,1-2H3. The molecule has 2 unspecified atom stereocenters. The maximum absolute atomic E-state index is 5.41. The smallest absolute Gasteiger partial charge is 0.162 e. The Morgan fingerprint density at radius 1 is 1.16 bits per heavy atom. The summed E-state index contributed by atoms with van der Waals surface area (Å²) in [6.07, 6.45) is 3.79. The van der Waals surface area contributed by atoms with Crippen LogP contribution in [0.5, 0.6) is 11.5 Å². The second-order valence-electron chi connectivity index (χ2n) is 5.29. The van der Waals surface area contributed by atoms with Crippen LogP contribution in [-0.4, -0.2) is 39.4 Å². The Balaban J connectivity index is 1.88. The summed E-state index contributed by atoms with van der Waals surface area (Å²) in [5, 5.41) is 3.61. The van der Waals surface area contributed by atoms with E-state index in [4.69, 9.17) is 9.47 Å². The van der Waals surface area contributed by atoms with E-state index in [0.717, 1.165) is 24.6 Å². The summed E-state index contributed by atoms with van der Waals surface area (Å²) in [5.74, 6) is 1.61. The molecular weight excluding hydrogens is 240 g/mol. The largest absolute Gasteiger partial charge is 0.493 e. The van der Waals surface area contributed by atoms with Gasteiger partial charge in [0.25, 0.3) is 0 Å². The highest BCUT2D eigenvalue weighted by molar-refractivity contribution is 5.57. The summed E-state index contributed by atoms with van der Waals surface area (Å²) < 4.78 is 10.7. The normalized spacial score (nSPS) is 26.1. The van der Waals surface area contributed by atoms with Gasteiger partial charge in [0.1, 0.15) is 0 Å². The minimum Gasteiger partial charge on any atom is -0.493 e. The van der Waals surface area contributed by atoms with Crippen molar-refractivity contribution in [3.63, 3.8) is 0 Å². The molecule has 0 aliphatic carbocycles. The highest BCUT2D eigenvalue weighted by Gasteiger charge is 2.35. The number of methoxy groups -OCH3 is 2. The predicted molar refractivity (Wildman–Crippen MR) is 76.3 cm³/mol. The van der Waals surface area contributed by atoms with Gasteiger partial charge in [0.2, 0.25) is 0 Å². The van der Waals surface area contributed by atoms with Crippen LogP contribution in [0, 0.1) is 0 Å². The van der Waals surface area contributed by atoms with Gasteiger partial charge in [0.15, 0.2) is 11.5 Å². The molecule has 2 heterocycles. The summed E-state index contributed by atoms with van der Waals surface area (Å²) in [6, 6.07) is 7.52. The third kappa shape index (κ3) is 2.25. The molecule has 19 heavy (non-hydrogen) atoms. The topological polar surface area (TPSA) is 33.7 Å². The molecule has 4 nitrogen and oxygen atoms in total. The van der Waals surface area contributed by atoms with E-state index in [9.17, 15) is 0 Å². The van der Waals surface area contributed by atoms with E-state index >= 15 is 0 Å². The maximum atomic E-state index is 5.41. The second-order valence-corrected chi connectivity index (χ2v) is 5.29. The number of hydrogen-bond acceptors (Lipinski definition) is 4. The van der Waals surface area contributed by atoms with Gasteiger partial charge in [-0.1, -0.05) is 0 Å². The van der Waals surface area contributed by atoms with Gasteiger partial charge in [-0.2, -0.15) is 0 Å². The molecule has 2 saturated heterocycles. The SMILES string of the molecule is COc1ccc(N2CCCC3NCCC32)cc1OC. The van der Waals surface area contributed by atoms with Crippen molar-refractivity contribution in [3.05, 3.63) is 18.2 Å². The third-order valence-corrected chi connectivity index (χ3v) is 4.32. The lowest BCUT2D eigenvalue weighted by Crippen LogP contribution is -2.48. The van der Waals surface area contributed by atoms with Gasteiger partial charge in [0, 0.05) is 30.4 Å². The number of piperidine rings is 1. The lowest BCUT2D eigenvalue weighted by Gasteiger charge is -2.39. The first-order valence-electron chi connectivity index (χ1n) is 7.05. The van der Waals surface area contributed by atoms with Crippen LogP contribution in [0.4, 0.5) is 5.69 Å². The first-order chi connectivity index (χ1) is 9.33. The molecule has 104 valence electrons. The second kappa shape index (κ2) is 5.29. The molecule has 0 radical (unpaired) electrons. The Morgan fingerprint density at radius 2 is 2.00 bits per heavy atom. The van der Waals surface area contributed by atoms with Crippen LogP contribution in [-0.2, 0) is 0 Å². The molecule has 2 atom stereocenters. The fourth-order valence-corrected chi connectivity index (χ4v) is 3.39. The van der Waals surface area contributed by atoms with Crippen molar-refractivity contribution >= 4 is 5.69 Å². The summed E-state index contributed by atoms with van der Waals surface area (Å²) in [6.45, 7) is 2.28. The van der Waals surface area contributed by atoms with E-state index in [0.29, 0.717) is 12.1 Å². The molecule has 0 bridgehead atoms. The summed E-state index contributed by atoms with van der Waals surface area (Å²) in [7, 11) is 3.37. The molecule has 0 amide bonds. The predicted octanol–water partition coefficient (Wildman–Crippen LogP) is 2.03. The molecule has 0 aromatic heterocycles. The zero-order chi connectivity index (χ0) is 13.2. The molecule has 1 aromatic rings. The molecule has 0 saturated carbocycles. The van der Waals surface area contributed by atoms with Crippen molar-refractivity contribution in [2.24, 2.45) is 0 Å². The fourth-order valence-electron chi connectivity index (χ4n) is 3.39. The van der Waals surface area contributed by atoms with Crippen LogP contribution in [0.1, 0.15) is 19.3 Å². The summed E-state index contributed by atoms with van der Waals surface area (Å²) in [4.78, 5) is 2.52. The molecule has 2 aliphatic heterocycles. The number of rotatable bonds is 3. The number of benzene rings is 1. The summed E-state index contributed by atoms with van der Waals surface area (Å²) in [5.41, 5.74) is 1.25. The van der Waals surface area contributed by atoms with Gasteiger partial charge in [0.05, 0.1) is 14.2 Å². The van der Waals surface area contributed by atoms with Gasteiger partial charge in [-0.3, -0.25) is 0 Å². The van der Waals surface area contributed by atoms with Crippen molar-refractivity contribution < 1.29 is 9.47 Å². The first-order valence-corrected chi connectivity index (χ1v) is 7.05. The molecule has 4 heteroatoms. The van der Waals surface area contributed by atoms with Gasteiger partial charge < -0.3 is 19.7 Å². The zero-order valence-corrected chi connectivity index (χ0v) is 11.7. The van der Waals surface area contributed by atoms with E-state index < -0.39 is 0 Å². The van der Waals surface area contributed by atoms with Crippen molar-refractivity contribution in [2.45, 2.75) is 31.3 Å². The molecule has 1 aromatic carbocycles. The quantitative estimate of drug-likeness (QED) is 0.904. The Labute approximate surface area is 114 Å². The number of anilines is 1. The van der Waals surface area contributed by atoms with Crippen LogP contribution in [0.15, 0.2) is 18.2 Å². The van der Waals surface area contributed by atoms with E-state index in [1.54, 1.807) is 14.2 Å². The monoisotopic (exact) mass is 262 g/mol. The highest BCUT2D eigenvalue weighted by atomic mass is 16.5. The molecule has 3 rings (SSSR count). The van der Waals surface area contributed by atoms with Gasteiger partial charge in [-0.05, 0) is 37.9 Å². The van der Waals surface area contributed by atoms with Crippen LogP contribution >= 0.6 is 0 Å². The minimum atomic E-state index is 0.631. The zero-order valence-electron chi connectivity index (χ0n) is 11.7. The molecule has 2 aliphatic rings. The lowest BCUT2D eigenvalue weighted by atomic mass is 9.96. The van der Waals surface area contributed by atoms with Crippen LogP contribution in [0.25, 0.3) is 0 Å². The number of ether oxygens (including phenoxy) is 2. The average Bonchev–Trinajstić information content (AvgIpc) is 2.94. The van der Waals surface area contributed by atoms with Gasteiger partial charge in [-0.15, -0.1) is 0 Å². The van der Waals surface area contributed by atoms with E-state index in [-0.39, 0.29) is 0 Å². The van der Waals surface area contributed by atoms with Crippen LogP contribution < -0.4 is 19.7 Å². The summed E-state index contributed by atoms with van der Waals surface area (Å²) >= 11 is 0. The average molecular weight is 262 g/mol. The van der Waals surface area contributed by atoms with E-state index in [1.807, 2.05) is 6.07 Å². The van der Waals surface area contributed by atoms with E-state index in [1.165, 1.54) is 24.9 Å². The Bertz CT molecular complexity index is 450. The number of fused-ring (bicyclic) bond motifs is 1. The maximum Gasteiger partial charge on any atom is 0.162 e. The Morgan fingerprint density at radius 3 is 2.79 bits per heavy atom. The third-order valence-electron chi connectivity index (χ3n) is 4.32. The highest BCUT2D eigenvalue weighted by Crippen LogP contribution is 2.35. The van der Waals surface area contributed by atoms with Crippen molar-refractivity contribution in [1.82, 2.24) is 5.32 Å². The minimum absolute atomic E-state index is 0.631. The number of nitrogens with one attached hydrogen (secondary N) is 1. The Hall–Kier alpha value is -1.42. The first kappa shape index (κ1) is 12.6. The van der Waals surface area contributed by atoms with Gasteiger partial charge >= 0.3 is 0 Å². The molecule has 0 spiro atoms. The number of nitrogens with zero attached hydrogens (tertiary/aromatic N) is 1. The van der Waals surface area contributed by atoms with Crippen molar-refractivity contribution in [2.75, 3.05) is 32.2 Å². The number of hydrogen-bond donors (Lipinski definition) is 1. The van der Waals surface area contributed by atoms with Crippen LogP contribution in [0.2, 0.25) is 0 Å². The lowest BCUT2D eigenvalue weighted by molar-refractivity contribution is 0.354. The Kier molecular flexibility index (Phi) is 3.51. The van der Waals surface area contributed by atoms with Crippen molar-refractivity contribution in [3.8, 4) is 11.5 Å². The molecule has 1 N–H and O–H groups in total. The fraction of sp³-hybridized carbons (Fsp3) is 0.600. The molecule has 2 fully saturated rings. The van der Waals surface area contributed by atoms with E-state index in [2.05, 4.69) is 22.3 Å².